The number of amides is 2. The lowest BCUT2D eigenvalue weighted by atomic mass is 9.91. The number of likely N-dealkylation sites (N-methyl/N-ethyl adjacent to an activating group) is 1. The Bertz CT molecular complexity index is 1020. The molecular weight excluding hydrogens is 424 g/mol. The van der Waals surface area contributed by atoms with Gasteiger partial charge >= 0.3 is 12.0 Å². The third kappa shape index (κ3) is 5.10. The number of nitrogens with one attached hydrogen (secondary N) is 1. The van der Waals surface area contributed by atoms with E-state index in [0.717, 1.165) is 21.6 Å². The van der Waals surface area contributed by atoms with Gasteiger partial charge in [-0.3, -0.25) is 4.90 Å². The summed E-state index contributed by atoms with van der Waals surface area (Å²) in [5.41, 5.74) is 3.90. The number of benzene rings is 2. The third-order valence-electron chi connectivity index (χ3n) is 5.42. The minimum atomic E-state index is -0.609. The van der Waals surface area contributed by atoms with Crippen molar-refractivity contribution in [2.75, 3.05) is 26.0 Å². The molecule has 2 amide bonds. The summed E-state index contributed by atoms with van der Waals surface area (Å²) in [5.74, 6) is 0.218. The van der Waals surface area contributed by atoms with Crippen molar-refractivity contribution in [2.45, 2.75) is 38.6 Å². The molecule has 0 radical (unpaired) electrons. The van der Waals surface area contributed by atoms with Gasteiger partial charge in [0, 0.05) is 11.4 Å². The van der Waals surface area contributed by atoms with E-state index in [-0.39, 0.29) is 19.2 Å². The van der Waals surface area contributed by atoms with Gasteiger partial charge in [-0.1, -0.05) is 23.8 Å². The molecule has 6 nitrogen and oxygen atoms in total. The molecule has 0 unspecified atom stereocenters. The Labute approximate surface area is 194 Å². The highest BCUT2D eigenvalue weighted by atomic mass is 32.2. The number of hydrogen-bond donors (Lipinski definition) is 1. The second-order valence-corrected chi connectivity index (χ2v) is 8.41. The van der Waals surface area contributed by atoms with E-state index < -0.39 is 12.0 Å². The van der Waals surface area contributed by atoms with Crippen molar-refractivity contribution >= 4 is 23.8 Å². The molecule has 0 bridgehead atoms. The van der Waals surface area contributed by atoms with E-state index in [9.17, 15) is 9.59 Å². The molecule has 1 aliphatic heterocycles. The normalized spacial score (nSPS) is 16.1. The van der Waals surface area contributed by atoms with E-state index >= 15 is 0 Å². The molecule has 1 atom stereocenters. The van der Waals surface area contributed by atoms with Crippen LogP contribution in [-0.2, 0) is 9.53 Å². The fraction of sp³-hybridized carbons (Fsp3) is 0.360. The summed E-state index contributed by atoms with van der Waals surface area (Å²) < 4.78 is 11.4. The SMILES string of the molecule is CCOC(=O)C1=C(COc2ccc(SC)cc2)N(CC)C(=O)N[C@H]1c1ccc(C)cc1C. The first-order valence-electron chi connectivity index (χ1n) is 10.7. The highest BCUT2D eigenvalue weighted by molar-refractivity contribution is 7.98. The lowest BCUT2D eigenvalue weighted by Crippen LogP contribution is -2.49. The van der Waals surface area contributed by atoms with Crippen LogP contribution in [0.4, 0.5) is 4.79 Å². The lowest BCUT2D eigenvalue weighted by Gasteiger charge is -2.36. The minimum Gasteiger partial charge on any atom is -0.487 e. The Morgan fingerprint density at radius 3 is 2.44 bits per heavy atom. The zero-order valence-corrected chi connectivity index (χ0v) is 20.0. The van der Waals surface area contributed by atoms with Gasteiger partial charge in [0.1, 0.15) is 12.4 Å². The van der Waals surface area contributed by atoms with Crippen molar-refractivity contribution in [1.82, 2.24) is 10.2 Å². The zero-order valence-electron chi connectivity index (χ0n) is 19.2. The molecule has 0 saturated carbocycles. The number of ether oxygens (including phenoxy) is 2. The van der Waals surface area contributed by atoms with Crippen LogP contribution in [0.25, 0.3) is 0 Å². The van der Waals surface area contributed by atoms with E-state index in [1.807, 2.05) is 69.5 Å². The number of urea groups is 1. The number of carbonyl (C=O) groups excluding carboxylic acids is 2. The number of carbonyl (C=O) groups is 2. The minimum absolute atomic E-state index is 0.0788. The van der Waals surface area contributed by atoms with Gasteiger partial charge in [-0.15, -0.1) is 11.8 Å². The van der Waals surface area contributed by atoms with Gasteiger partial charge < -0.3 is 14.8 Å². The molecular formula is C25H30N2O4S. The quantitative estimate of drug-likeness (QED) is 0.449. The van der Waals surface area contributed by atoms with E-state index in [4.69, 9.17) is 9.47 Å². The zero-order chi connectivity index (χ0) is 23.3. The number of aryl methyl sites for hydroxylation is 2. The van der Waals surface area contributed by atoms with Crippen LogP contribution in [0.15, 0.2) is 58.6 Å². The van der Waals surface area contributed by atoms with Crippen molar-refractivity contribution in [2.24, 2.45) is 0 Å². The standard InChI is InChI=1S/C25H30N2O4S/c1-6-27-21(15-31-18-9-11-19(32-5)12-10-18)22(24(28)30-7-2)23(26-25(27)29)20-13-8-16(3)14-17(20)4/h8-14,23H,6-7,15H2,1-5H3,(H,26,29)/t23-/m0/s1. The van der Waals surface area contributed by atoms with Crippen molar-refractivity contribution in [1.29, 1.82) is 0 Å². The summed E-state index contributed by atoms with van der Waals surface area (Å²) in [6.45, 7) is 8.35. The number of esters is 1. The molecule has 7 heteroatoms. The van der Waals surface area contributed by atoms with Gasteiger partial charge in [-0.05, 0) is 69.3 Å². The number of nitrogens with zero attached hydrogens (tertiary/aromatic N) is 1. The molecule has 0 fully saturated rings. The Hall–Kier alpha value is -2.93. The van der Waals surface area contributed by atoms with Crippen LogP contribution in [0.3, 0.4) is 0 Å². The molecule has 0 aliphatic carbocycles. The topological polar surface area (TPSA) is 67.9 Å². The average Bonchev–Trinajstić information content (AvgIpc) is 2.77. The van der Waals surface area contributed by atoms with Crippen LogP contribution in [-0.4, -0.2) is 42.9 Å². The first-order valence-corrected chi connectivity index (χ1v) is 11.9. The highest BCUT2D eigenvalue weighted by Crippen LogP contribution is 2.34. The molecule has 3 rings (SSSR count). The fourth-order valence-electron chi connectivity index (χ4n) is 3.85. The van der Waals surface area contributed by atoms with E-state index in [2.05, 4.69) is 5.32 Å². The summed E-state index contributed by atoms with van der Waals surface area (Å²) in [6, 6.07) is 12.8. The van der Waals surface area contributed by atoms with Crippen LogP contribution in [0, 0.1) is 13.8 Å². The van der Waals surface area contributed by atoms with Gasteiger partial charge in [-0.2, -0.15) is 0 Å². The summed E-state index contributed by atoms with van der Waals surface area (Å²) in [6.07, 6.45) is 2.01. The van der Waals surface area contributed by atoms with E-state index in [1.54, 1.807) is 23.6 Å². The molecule has 1 aliphatic rings. The predicted molar refractivity (Wildman–Crippen MR) is 127 cm³/mol. The van der Waals surface area contributed by atoms with Crippen LogP contribution in [0.5, 0.6) is 5.75 Å². The molecule has 2 aromatic carbocycles. The van der Waals surface area contributed by atoms with Crippen molar-refractivity contribution < 1.29 is 19.1 Å². The Morgan fingerprint density at radius 2 is 1.84 bits per heavy atom. The van der Waals surface area contributed by atoms with Gasteiger partial charge in [0.25, 0.3) is 0 Å². The van der Waals surface area contributed by atoms with Crippen molar-refractivity contribution in [3.05, 3.63) is 70.4 Å². The number of thioether (sulfide) groups is 1. The molecule has 2 aromatic rings. The Morgan fingerprint density at radius 1 is 1.12 bits per heavy atom. The molecule has 0 saturated heterocycles. The van der Waals surface area contributed by atoms with Gasteiger partial charge in [-0.25, -0.2) is 9.59 Å². The Kier molecular flexibility index (Phi) is 7.85. The summed E-state index contributed by atoms with van der Waals surface area (Å²) in [7, 11) is 0. The maximum Gasteiger partial charge on any atom is 0.338 e. The fourth-order valence-corrected chi connectivity index (χ4v) is 4.26. The molecule has 1 heterocycles. The van der Waals surface area contributed by atoms with Crippen LogP contribution in [0.2, 0.25) is 0 Å². The molecule has 0 aromatic heterocycles. The van der Waals surface area contributed by atoms with Gasteiger partial charge in [0.15, 0.2) is 0 Å². The maximum atomic E-state index is 13.1. The smallest absolute Gasteiger partial charge is 0.338 e. The van der Waals surface area contributed by atoms with Crippen LogP contribution >= 0.6 is 11.8 Å². The number of hydrogen-bond acceptors (Lipinski definition) is 5. The lowest BCUT2D eigenvalue weighted by molar-refractivity contribution is -0.139. The molecule has 170 valence electrons. The van der Waals surface area contributed by atoms with Crippen LogP contribution < -0.4 is 10.1 Å². The van der Waals surface area contributed by atoms with Crippen LogP contribution in [0.1, 0.15) is 36.6 Å². The second kappa shape index (κ2) is 10.6. The summed E-state index contributed by atoms with van der Waals surface area (Å²) in [5, 5.41) is 3.00. The maximum absolute atomic E-state index is 13.1. The Balaban J connectivity index is 2.06. The third-order valence-corrected chi connectivity index (χ3v) is 6.16. The average molecular weight is 455 g/mol. The highest BCUT2D eigenvalue weighted by Gasteiger charge is 2.38. The van der Waals surface area contributed by atoms with Gasteiger partial charge in [0.05, 0.1) is 23.9 Å². The molecule has 0 spiro atoms. The predicted octanol–water partition coefficient (Wildman–Crippen LogP) is 5.01. The molecule has 1 N–H and O–H groups in total. The first kappa shape index (κ1) is 23.7. The van der Waals surface area contributed by atoms with Gasteiger partial charge in [0.2, 0.25) is 0 Å². The summed E-state index contributed by atoms with van der Waals surface area (Å²) >= 11 is 1.65. The van der Waals surface area contributed by atoms with Crippen molar-refractivity contribution in [3.63, 3.8) is 0 Å². The largest absolute Gasteiger partial charge is 0.487 e. The first-order chi connectivity index (χ1) is 15.4. The van der Waals surface area contributed by atoms with E-state index in [1.165, 1.54) is 0 Å². The number of rotatable bonds is 8. The monoisotopic (exact) mass is 454 g/mol. The molecule has 32 heavy (non-hydrogen) atoms. The van der Waals surface area contributed by atoms with Crippen molar-refractivity contribution in [3.8, 4) is 5.75 Å². The second-order valence-electron chi connectivity index (χ2n) is 7.53. The van der Waals surface area contributed by atoms with E-state index in [0.29, 0.717) is 23.6 Å². The summed E-state index contributed by atoms with van der Waals surface area (Å²) in [4.78, 5) is 28.8.